The molecule has 0 amide bonds. The van der Waals surface area contributed by atoms with Gasteiger partial charge in [-0.05, 0) is 114 Å². The minimum absolute atomic E-state index is 0.0269. The lowest BCUT2D eigenvalue weighted by atomic mass is 9.72. The summed E-state index contributed by atoms with van der Waals surface area (Å²) in [5, 5.41) is 3.61. The first kappa shape index (κ1) is 30.8. The SMILES string of the molecule is C=O.Cc1cccc2c1Cc1c(C)c(-c3ccc4c(c3C)NCCO4)c([C@H](CC(C)(C)C)C(=O)C3CC3)c(C)c1N(C)C2. The van der Waals surface area contributed by atoms with E-state index in [2.05, 4.69) is 96.1 Å². The fraction of sp³-hybridized carbons (Fsp3) is 0.474. The maximum Gasteiger partial charge on any atom is 0.143 e. The summed E-state index contributed by atoms with van der Waals surface area (Å²) in [6.07, 6.45) is 3.83. The van der Waals surface area contributed by atoms with Crippen LogP contribution in [0.4, 0.5) is 11.4 Å². The van der Waals surface area contributed by atoms with Crippen LogP contribution >= 0.6 is 0 Å². The molecule has 0 radical (unpaired) electrons. The van der Waals surface area contributed by atoms with Crippen LogP contribution in [0.1, 0.15) is 90.5 Å². The van der Waals surface area contributed by atoms with Gasteiger partial charge in [0.15, 0.2) is 0 Å². The number of anilines is 2. The lowest BCUT2D eigenvalue weighted by Crippen LogP contribution is -2.25. The zero-order valence-corrected chi connectivity index (χ0v) is 27.4. The number of rotatable bonds is 5. The number of carbonyl (C=O) groups excluding carboxylic acids is 2. The Balaban J connectivity index is 0.00000180. The molecule has 6 rings (SSSR count). The van der Waals surface area contributed by atoms with E-state index in [1.165, 1.54) is 61.3 Å². The molecular weight excluding hydrogens is 532 g/mol. The molecule has 1 fully saturated rings. The van der Waals surface area contributed by atoms with Crippen molar-refractivity contribution in [2.24, 2.45) is 11.3 Å². The van der Waals surface area contributed by atoms with Crippen molar-refractivity contribution in [2.45, 2.75) is 86.6 Å². The van der Waals surface area contributed by atoms with Crippen molar-refractivity contribution in [2.75, 3.05) is 30.4 Å². The van der Waals surface area contributed by atoms with Gasteiger partial charge in [0.1, 0.15) is 24.9 Å². The molecule has 5 nitrogen and oxygen atoms in total. The standard InChI is InChI=1S/C37H46N2O2.CH2O/c1-21-10-9-11-26-20-39(8)35-24(4)33(30(19-37(5,6)7)36(40)25-12-13-25)32(22(2)29(35)18-28(21)26)27-14-15-31-34(23(27)3)38-16-17-41-31;1-2/h9-11,14-15,25,30,38H,12-13,16-20H2,1-8H3;1H2/t30-;/m0./s1. The zero-order chi connectivity index (χ0) is 31.2. The summed E-state index contributed by atoms with van der Waals surface area (Å²) in [7, 11) is 2.24. The number of hydrogen-bond acceptors (Lipinski definition) is 5. The molecule has 1 saturated carbocycles. The number of ether oxygens (including phenoxy) is 1. The van der Waals surface area contributed by atoms with E-state index in [9.17, 15) is 4.79 Å². The van der Waals surface area contributed by atoms with E-state index in [1.807, 2.05) is 6.79 Å². The molecule has 1 atom stereocenters. The number of fused-ring (bicyclic) bond motifs is 3. The van der Waals surface area contributed by atoms with E-state index in [0.29, 0.717) is 12.4 Å². The van der Waals surface area contributed by atoms with Crippen molar-refractivity contribution in [1.82, 2.24) is 0 Å². The molecule has 43 heavy (non-hydrogen) atoms. The third-order valence-corrected chi connectivity index (χ3v) is 9.64. The molecule has 228 valence electrons. The molecule has 0 bridgehead atoms. The first-order chi connectivity index (χ1) is 20.5. The number of hydrogen-bond donors (Lipinski definition) is 1. The third-order valence-electron chi connectivity index (χ3n) is 9.64. The van der Waals surface area contributed by atoms with Gasteiger partial charge in [0.25, 0.3) is 0 Å². The Hall–Kier alpha value is -3.60. The Bertz CT molecular complexity index is 1560. The van der Waals surface area contributed by atoms with Crippen LogP contribution in [0.15, 0.2) is 30.3 Å². The molecule has 0 spiro atoms. The van der Waals surface area contributed by atoms with Crippen molar-refractivity contribution < 1.29 is 14.3 Å². The van der Waals surface area contributed by atoms with E-state index in [4.69, 9.17) is 9.53 Å². The van der Waals surface area contributed by atoms with Crippen molar-refractivity contribution in [3.63, 3.8) is 0 Å². The molecule has 0 aromatic heterocycles. The van der Waals surface area contributed by atoms with Crippen LogP contribution in [0, 0.1) is 39.0 Å². The zero-order valence-electron chi connectivity index (χ0n) is 27.4. The Morgan fingerprint density at radius 1 is 1.02 bits per heavy atom. The highest BCUT2D eigenvalue weighted by molar-refractivity contribution is 5.95. The molecule has 0 saturated heterocycles. The fourth-order valence-corrected chi connectivity index (χ4v) is 7.51. The predicted octanol–water partition coefficient (Wildman–Crippen LogP) is 8.25. The average Bonchev–Trinajstić information content (AvgIpc) is 3.82. The highest BCUT2D eigenvalue weighted by Gasteiger charge is 2.40. The van der Waals surface area contributed by atoms with Crippen LogP contribution in [0.5, 0.6) is 5.75 Å². The van der Waals surface area contributed by atoms with E-state index >= 15 is 0 Å². The van der Waals surface area contributed by atoms with Gasteiger partial charge in [0, 0.05) is 44.1 Å². The van der Waals surface area contributed by atoms with Gasteiger partial charge in [-0.3, -0.25) is 4.79 Å². The van der Waals surface area contributed by atoms with Gasteiger partial charge in [-0.1, -0.05) is 45.0 Å². The molecule has 2 aliphatic heterocycles. The van der Waals surface area contributed by atoms with Crippen molar-refractivity contribution in [1.29, 1.82) is 0 Å². The normalized spacial score (nSPS) is 16.3. The second-order valence-electron chi connectivity index (χ2n) is 14.0. The van der Waals surface area contributed by atoms with Crippen molar-refractivity contribution in [3.05, 3.63) is 74.8 Å². The van der Waals surface area contributed by atoms with E-state index in [1.54, 1.807) is 0 Å². The molecule has 3 aromatic rings. The van der Waals surface area contributed by atoms with E-state index in [0.717, 1.165) is 50.2 Å². The summed E-state index contributed by atoms with van der Waals surface area (Å²) in [6, 6.07) is 11.1. The number of aryl methyl sites for hydroxylation is 1. The Morgan fingerprint density at radius 3 is 2.42 bits per heavy atom. The van der Waals surface area contributed by atoms with Crippen LogP contribution in [0.3, 0.4) is 0 Å². The third kappa shape index (κ3) is 5.71. The summed E-state index contributed by atoms with van der Waals surface area (Å²) in [6.45, 7) is 20.3. The van der Waals surface area contributed by atoms with Crippen molar-refractivity contribution in [3.8, 4) is 16.9 Å². The van der Waals surface area contributed by atoms with E-state index < -0.39 is 0 Å². The smallest absolute Gasteiger partial charge is 0.143 e. The monoisotopic (exact) mass is 580 g/mol. The van der Waals surface area contributed by atoms with Crippen molar-refractivity contribution >= 4 is 23.9 Å². The minimum atomic E-state index is -0.123. The number of nitrogens with one attached hydrogen (secondary N) is 1. The Labute approximate surface area is 258 Å². The largest absolute Gasteiger partial charge is 0.490 e. The van der Waals surface area contributed by atoms with Gasteiger partial charge in [-0.2, -0.15) is 0 Å². The summed E-state index contributed by atoms with van der Waals surface area (Å²) in [5.74, 6) is 1.45. The van der Waals surface area contributed by atoms with Gasteiger partial charge in [-0.15, -0.1) is 0 Å². The maximum atomic E-state index is 14.2. The second-order valence-corrected chi connectivity index (χ2v) is 14.0. The topological polar surface area (TPSA) is 58.6 Å². The molecule has 0 unspecified atom stereocenters. The number of ketones is 1. The fourth-order valence-electron chi connectivity index (χ4n) is 7.51. The first-order valence-electron chi connectivity index (χ1n) is 15.7. The molecule has 1 aliphatic carbocycles. The van der Waals surface area contributed by atoms with Crippen LogP contribution in [0.2, 0.25) is 0 Å². The van der Waals surface area contributed by atoms with Crippen LogP contribution in [-0.4, -0.2) is 32.8 Å². The average molecular weight is 581 g/mol. The Kier molecular flexibility index (Phi) is 8.48. The highest BCUT2D eigenvalue weighted by atomic mass is 16.5. The molecule has 2 heterocycles. The number of benzene rings is 3. The van der Waals surface area contributed by atoms with Crippen LogP contribution < -0.4 is 15.0 Å². The number of Topliss-reactive ketones (excluding diaryl/α,β-unsaturated/α-hetero) is 1. The molecule has 3 aliphatic rings. The molecular formula is C38H48N2O3. The van der Waals surface area contributed by atoms with Gasteiger partial charge in [-0.25, -0.2) is 0 Å². The van der Waals surface area contributed by atoms with Gasteiger partial charge >= 0.3 is 0 Å². The van der Waals surface area contributed by atoms with E-state index in [-0.39, 0.29) is 17.3 Å². The Morgan fingerprint density at radius 2 is 1.74 bits per heavy atom. The van der Waals surface area contributed by atoms with Crippen LogP contribution in [-0.2, 0) is 22.6 Å². The maximum absolute atomic E-state index is 14.2. The summed E-state index contributed by atoms with van der Waals surface area (Å²) < 4.78 is 6.02. The van der Waals surface area contributed by atoms with Gasteiger partial charge < -0.3 is 19.7 Å². The molecule has 5 heteroatoms. The second kappa shape index (κ2) is 11.8. The lowest BCUT2D eigenvalue weighted by molar-refractivity contribution is -0.122. The van der Waals surface area contributed by atoms with Crippen LogP contribution in [0.25, 0.3) is 11.1 Å². The molecule has 1 N–H and O–H groups in total. The minimum Gasteiger partial charge on any atom is -0.490 e. The van der Waals surface area contributed by atoms with Gasteiger partial charge in [0.2, 0.25) is 0 Å². The summed E-state index contributed by atoms with van der Waals surface area (Å²) >= 11 is 0. The highest BCUT2D eigenvalue weighted by Crippen LogP contribution is 2.51. The predicted molar refractivity (Wildman–Crippen MR) is 178 cm³/mol. The summed E-state index contributed by atoms with van der Waals surface area (Å²) in [5.41, 5.74) is 15.6. The quantitative estimate of drug-likeness (QED) is 0.329. The lowest BCUT2D eigenvalue weighted by Gasteiger charge is -2.34. The summed E-state index contributed by atoms with van der Waals surface area (Å²) in [4.78, 5) is 24.7. The first-order valence-corrected chi connectivity index (χ1v) is 15.7. The number of nitrogens with zero attached hydrogens (tertiary/aromatic N) is 1. The molecule has 3 aromatic carbocycles. The van der Waals surface area contributed by atoms with Gasteiger partial charge in [0.05, 0.1) is 5.69 Å². The number of carbonyl (C=O) groups is 2.